The first kappa shape index (κ1) is 25.0. The van der Waals surface area contributed by atoms with Crippen LogP contribution >= 0.6 is 23.2 Å². The summed E-state index contributed by atoms with van der Waals surface area (Å²) < 4.78 is 43.6. The monoisotopic (exact) mass is 524 g/mol. The van der Waals surface area contributed by atoms with Crippen molar-refractivity contribution >= 4 is 34.8 Å². The van der Waals surface area contributed by atoms with Crippen molar-refractivity contribution in [3.05, 3.63) is 68.7 Å². The molecule has 3 aromatic heterocycles. The van der Waals surface area contributed by atoms with Crippen LogP contribution in [0, 0.1) is 20.8 Å². The highest BCUT2D eigenvalue weighted by Crippen LogP contribution is 2.33. The standard InChI is InChI=1S/C23H21Cl2F3N6O/c1-12-5-6-15(9-13(12)2)16-10-18(23(26,27)28)34-19(30-16)11-17(32-34)22(35)29-7-4-8-33-21(25)20(24)14(3)31-33/h5-6,9-11H,4,7-8H2,1-3H3,(H,29,35). The Hall–Kier alpha value is -3.11. The van der Waals surface area contributed by atoms with E-state index >= 15 is 0 Å². The fraction of sp³-hybridized carbons (Fsp3) is 0.304. The smallest absolute Gasteiger partial charge is 0.351 e. The third-order valence-electron chi connectivity index (χ3n) is 5.58. The number of benzene rings is 1. The van der Waals surface area contributed by atoms with E-state index in [0.29, 0.717) is 38.9 Å². The Balaban J connectivity index is 1.56. The number of aromatic nitrogens is 5. The van der Waals surface area contributed by atoms with Gasteiger partial charge in [-0.25, -0.2) is 9.50 Å². The van der Waals surface area contributed by atoms with Gasteiger partial charge in [-0.15, -0.1) is 0 Å². The third-order valence-corrected chi connectivity index (χ3v) is 6.51. The lowest BCUT2D eigenvalue weighted by Gasteiger charge is -2.11. The molecule has 1 N–H and O–H groups in total. The van der Waals surface area contributed by atoms with E-state index in [9.17, 15) is 18.0 Å². The maximum atomic E-state index is 13.8. The maximum Gasteiger partial charge on any atom is 0.433 e. The van der Waals surface area contributed by atoms with Gasteiger partial charge in [0.25, 0.3) is 5.91 Å². The van der Waals surface area contributed by atoms with Crippen LogP contribution in [-0.2, 0) is 12.7 Å². The second kappa shape index (κ2) is 9.50. The first-order valence-corrected chi connectivity index (χ1v) is 11.4. The summed E-state index contributed by atoms with van der Waals surface area (Å²) in [6.45, 7) is 6.15. The minimum Gasteiger partial charge on any atom is -0.351 e. The molecule has 0 fully saturated rings. The number of carbonyl (C=O) groups excluding carboxylic acids is 1. The number of aryl methyl sites for hydroxylation is 4. The highest BCUT2D eigenvalue weighted by atomic mass is 35.5. The topological polar surface area (TPSA) is 77.1 Å². The van der Waals surface area contributed by atoms with Gasteiger partial charge in [-0.05, 0) is 50.5 Å². The molecule has 3 heterocycles. The summed E-state index contributed by atoms with van der Waals surface area (Å²) in [5, 5.41) is 11.4. The minimum absolute atomic E-state index is 0.0772. The number of alkyl halides is 3. The Morgan fingerprint density at radius 1 is 1.06 bits per heavy atom. The number of halogens is 5. The lowest BCUT2D eigenvalue weighted by molar-refractivity contribution is -0.142. The third kappa shape index (κ3) is 5.13. The second-order valence-electron chi connectivity index (χ2n) is 8.15. The van der Waals surface area contributed by atoms with E-state index < -0.39 is 17.8 Å². The van der Waals surface area contributed by atoms with Crippen LogP contribution in [0.2, 0.25) is 10.2 Å². The fourth-order valence-electron chi connectivity index (χ4n) is 3.54. The number of amides is 1. The molecule has 0 aliphatic heterocycles. The van der Waals surface area contributed by atoms with E-state index in [1.165, 1.54) is 10.7 Å². The van der Waals surface area contributed by atoms with Crippen LogP contribution in [0.1, 0.15) is 39.4 Å². The lowest BCUT2D eigenvalue weighted by Crippen LogP contribution is -2.26. The zero-order chi connectivity index (χ0) is 25.5. The molecule has 1 aromatic carbocycles. The minimum atomic E-state index is -4.70. The largest absolute Gasteiger partial charge is 0.433 e. The van der Waals surface area contributed by atoms with E-state index in [0.717, 1.165) is 17.2 Å². The Bertz CT molecular complexity index is 1430. The SMILES string of the molecule is Cc1ccc(-c2cc(C(F)(F)F)n3nc(C(=O)NCCCn4nc(C)c(Cl)c4Cl)cc3n2)cc1C. The van der Waals surface area contributed by atoms with Crippen molar-refractivity contribution in [2.24, 2.45) is 0 Å². The molecule has 0 atom stereocenters. The maximum absolute atomic E-state index is 13.8. The molecule has 0 spiro atoms. The van der Waals surface area contributed by atoms with Gasteiger partial charge in [0.15, 0.2) is 17.0 Å². The Kier molecular flexibility index (Phi) is 6.79. The summed E-state index contributed by atoms with van der Waals surface area (Å²) in [7, 11) is 0. The van der Waals surface area contributed by atoms with Crippen LogP contribution in [0.4, 0.5) is 13.2 Å². The molecule has 0 aliphatic carbocycles. The number of nitrogens with one attached hydrogen (secondary N) is 1. The molecular formula is C23H21Cl2F3N6O. The van der Waals surface area contributed by atoms with Gasteiger partial charge in [-0.2, -0.15) is 23.4 Å². The normalized spacial score (nSPS) is 11.9. The predicted octanol–water partition coefficient (Wildman–Crippen LogP) is 5.66. The molecule has 0 saturated heterocycles. The van der Waals surface area contributed by atoms with Crippen molar-refractivity contribution < 1.29 is 18.0 Å². The average Bonchev–Trinajstić information content (AvgIpc) is 3.33. The molecule has 0 aliphatic rings. The average molecular weight is 525 g/mol. The van der Waals surface area contributed by atoms with Crippen LogP contribution in [0.25, 0.3) is 16.9 Å². The van der Waals surface area contributed by atoms with Crippen molar-refractivity contribution in [3.63, 3.8) is 0 Å². The van der Waals surface area contributed by atoms with E-state index in [1.54, 1.807) is 19.1 Å². The van der Waals surface area contributed by atoms with Crippen LogP contribution < -0.4 is 5.32 Å². The lowest BCUT2D eigenvalue weighted by atomic mass is 10.0. The van der Waals surface area contributed by atoms with Crippen LogP contribution in [0.5, 0.6) is 0 Å². The van der Waals surface area contributed by atoms with Gasteiger partial charge in [0.2, 0.25) is 0 Å². The van der Waals surface area contributed by atoms with Crippen molar-refractivity contribution in [1.29, 1.82) is 0 Å². The molecule has 1 amide bonds. The fourth-order valence-corrected chi connectivity index (χ4v) is 3.93. The van der Waals surface area contributed by atoms with E-state index in [-0.39, 0.29) is 23.6 Å². The summed E-state index contributed by atoms with van der Waals surface area (Å²) in [5.74, 6) is -0.614. The summed E-state index contributed by atoms with van der Waals surface area (Å²) >= 11 is 12.1. The van der Waals surface area contributed by atoms with Crippen molar-refractivity contribution in [1.82, 2.24) is 29.7 Å². The molecule has 0 radical (unpaired) electrons. The number of nitrogens with zero attached hydrogens (tertiary/aromatic N) is 5. The molecule has 184 valence electrons. The first-order valence-electron chi connectivity index (χ1n) is 10.7. The van der Waals surface area contributed by atoms with Crippen molar-refractivity contribution in [3.8, 4) is 11.3 Å². The molecular weight excluding hydrogens is 504 g/mol. The molecule has 35 heavy (non-hydrogen) atoms. The highest BCUT2D eigenvalue weighted by Gasteiger charge is 2.35. The predicted molar refractivity (Wildman–Crippen MR) is 127 cm³/mol. The van der Waals surface area contributed by atoms with Crippen LogP contribution in [-0.4, -0.2) is 36.8 Å². The van der Waals surface area contributed by atoms with Gasteiger partial charge in [-0.1, -0.05) is 35.3 Å². The quantitative estimate of drug-likeness (QED) is 0.330. The second-order valence-corrected chi connectivity index (χ2v) is 8.88. The molecule has 12 heteroatoms. The van der Waals surface area contributed by atoms with Gasteiger partial charge in [0.1, 0.15) is 10.2 Å². The summed E-state index contributed by atoms with van der Waals surface area (Å²) in [6.07, 6.45) is -4.23. The van der Waals surface area contributed by atoms with Gasteiger partial charge in [0.05, 0.1) is 11.4 Å². The highest BCUT2D eigenvalue weighted by molar-refractivity contribution is 6.41. The number of carbonyl (C=O) groups is 1. The van der Waals surface area contributed by atoms with E-state index in [4.69, 9.17) is 23.2 Å². The summed E-state index contributed by atoms with van der Waals surface area (Å²) in [5.41, 5.74) is 1.96. The summed E-state index contributed by atoms with van der Waals surface area (Å²) in [4.78, 5) is 16.9. The van der Waals surface area contributed by atoms with E-state index in [2.05, 4.69) is 20.5 Å². The van der Waals surface area contributed by atoms with Gasteiger partial charge in [0, 0.05) is 24.7 Å². The molecule has 7 nitrogen and oxygen atoms in total. The number of rotatable bonds is 6. The molecule has 0 bridgehead atoms. The van der Waals surface area contributed by atoms with Crippen LogP contribution in [0.15, 0.2) is 30.3 Å². The zero-order valence-electron chi connectivity index (χ0n) is 19.0. The number of hydrogen-bond acceptors (Lipinski definition) is 4. The van der Waals surface area contributed by atoms with Crippen molar-refractivity contribution in [2.45, 2.75) is 39.9 Å². The van der Waals surface area contributed by atoms with Crippen molar-refractivity contribution in [2.75, 3.05) is 6.54 Å². The van der Waals surface area contributed by atoms with Crippen LogP contribution in [0.3, 0.4) is 0 Å². The molecule has 4 aromatic rings. The number of hydrogen-bond donors (Lipinski definition) is 1. The van der Waals surface area contributed by atoms with Gasteiger partial charge >= 0.3 is 6.18 Å². The summed E-state index contributed by atoms with van der Waals surface area (Å²) in [6, 6.07) is 7.49. The van der Waals surface area contributed by atoms with Gasteiger partial charge in [-0.3, -0.25) is 9.48 Å². The Morgan fingerprint density at radius 2 is 1.80 bits per heavy atom. The van der Waals surface area contributed by atoms with Gasteiger partial charge < -0.3 is 5.32 Å². The molecule has 0 unspecified atom stereocenters. The zero-order valence-corrected chi connectivity index (χ0v) is 20.6. The van der Waals surface area contributed by atoms with E-state index in [1.807, 2.05) is 19.9 Å². The first-order chi connectivity index (χ1) is 16.5. The molecule has 0 saturated carbocycles. The number of fused-ring (bicyclic) bond motifs is 1. The Morgan fingerprint density at radius 3 is 2.43 bits per heavy atom. The Labute approximate surface area is 208 Å². The molecule has 4 rings (SSSR count).